The highest BCUT2D eigenvalue weighted by molar-refractivity contribution is 7.19. The fourth-order valence-electron chi connectivity index (χ4n) is 3.39. The maximum absolute atomic E-state index is 13.5. The van der Waals surface area contributed by atoms with Crippen molar-refractivity contribution in [1.29, 1.82) is 0 Å². The maximum Gasteiger partial charge on any atom is 0.340 e. The first-order valence-corrected chi connectivity index (χ1v) is 9.45. The third-order valence-electron chi connectivity index (χ3n) is 4.62. The van der Waals surface area contributed by atoms with Gasteiger partial charge in [-0.15, -0.1) is 11.3 Å². The Morgan fingerprint density at radius 1 is 1.26 bits per heavy atom. The van der Waals surface area contributed by atoms with Crippen LogP contribution in [0.25, 0.3) is 10.1 Å². The summed E-state index contributed by atoms with van der Waals surface area (Å²) in [4.78, 5) is 13.5. The number of hydrogen-bond donors (Lipinski definition) is 1. The average molecular weight is 383 g/mol. The summed E-state index contributed by atoms with van der Waals surface area (Å²) < 4.78 is 25.7. The van der Waals surface area contributed by atoms with Crippen LogP contribution in [-0.2, 0) is 9.53 Å². The number of hydrogen-bond acceptors (Lipinski definition) is 5. The maximum atomic E-state index is 13.5. The van der Waals surface area contributed by atoms with E-state index < -0.39 is 11.9 Å². The molecule has 1 atom stereocenters. The van der Waals surface area contributed by atoms with Crippen molar-refractivity contribution in [3.63, 3.8) is 0 Å². The van der Waals surface area contributed by atoms with Crippen molar-refractivity contribution < 1.29 is 18.7 Å². The van der Waals surface area contributed by atoms with Gasteiger partial charge in [-0.2, -0.15) is 0 Å². The van der Waals surface area contributed by atoms with E-state index in [9.17, 15) is 9.18 Å². The first-order valence-electron chi connectivity index (χ1n) is 8.63. The molecule has 0 saturated heterocycles. The first kappa shape index (κ1) is 17.5. The highest BCUT2D eigenvalue weighted by Gasteiger charge is 2.38. The van der Waals surface area contributed by atoms with Gasteiger partial charge in [0, 0.05) is 10.1 Å². The van der Waals surface area contributed by atoms with Crippen LogP contribution in [0.4, 0.5) is 4.39 Å². The number of esters is 1. The van der Waals surface area contributed by atoms with E-state index in [-0.39, 0.29) is 23.9 Å². The molecule has 1 unspecified atom stereocenters. The number of benzene rings is 2. The minimum atomic E-state index is -0.524. The van der Waals surface area contributed by atoms with Crippen molar-refractivity contribution in [2.75, 3.05) is 6.61 Å². The van der Waals surface area contributed by atoms with E-state index in [4.69, 9.17) is 15.2 Å². The third kappa shape index (κ3) is 2.86. The number of fused-ring (bicyclic) bond motifs is 3. The molecule has 1 aliphatic rings. The summed E-state index contributed by atoms with van der Waals surface area (Å²) in [7, 11) is 0. The minimum absolute atomic E-state index is 0.0245. The van der Waals surface area contributed by atoms with Crippen LogP contribution in [0.15, 0.2) is 53.9 Å². The van der Waals surface area contributed by atoms with Gasteiger partial charge in [-0.25, -0.2) is 9.18 Å². The Kier molecular flexibility index (Phi) is 4.36. The fourth-order valence-corrected chi connectivity index (χ4v) is 4.73. The van der Waals surface area contributed by atoms with Gasteiger partial charge in [0.2, 0.25) is 5.88 Å². The zero-order valence-corrected chi connectivity index (χ0v) is 15.7. The summed E-state index contributed by atoms with van der Waals surface area (Å²) in [5, 5.41) is 0.952. The predicted molar refractivity (Wildman–Crippen MR) is 103 cm³/mol. The average Bonchev–Trinajstić information content (AvgIpc) is 3.01. The van der Waals surface area contributed by atoms with Gasteiger partial charge in [0.25, 0.3) is 0 Å². The molecule has 1 aromatic heterocycles. The first-order chi connectivity index (χ1) is 13.0. The molecule has 2 N–H and O–H groups in total. The fraction of sp³-hybridized carbons (Fsp3) is 0.190. The van der Waals surface area contributed by atoms with Gasteiger partial charge in [-0.05, 0) is 43.2 Å². The Morgan fingerprint density at radius 2 is 2.00 bits per heavy atom. The topological polar surface area (TPSA) is 61.5 Å². The highest BCUT2D eigenvalue weighted by atomic mass is 32.1. The zero-order chi connectivity index (χ0) is 19.1. The monoisotopic (exact) mass is 383 g/mol. The smallest absolute Gasteiger partial charge is 0.340 e. The van der Waals surface area contributed by atoms with Crippen LogP contribution in [0, 0.1) is 12.7 Å². The lowest BCUT2D eigenvalue weighted by Gasteiger charge is -2.26. The van der Waals surface area contributed by atoms with Crippen LogP contribution >= 0.6 is 11.3 Å². The van der Waals surface area contributed by atoms with Crippen molar-refractivity contribution in [2.24, 2.45) is 5.73 Å². The Morgan fingerprint density at radius 3 is 2.70 bits per heavy atom. The van der Waals surface area contributed by atoms with Crippen molar-refractivity contribution >= 4 is 27.4 Å². The molecular formula is C21H18FNO3S. The van der Waals surface area contributed by atoms with Gasteiger partial charge in [-0.1, -0.05) is 24.3 Å². The van der Waals surface area contributed by atoms with Crippen LogP contribution in [0.3, 0.4) is 0 Å². The summed E-state index contributed by atoms with van der Waals surface area (Å²) in [6.07, 6.45) is 0. The van der Waals surface area contributed by atoms with Crippen molar-refractivity contribution in [2.45, 2.75) is 19.8 Å². The molecule has 1 aliphatic heterocycles. The molecule has 3 aromatic rings. The van der Waals surface area contributed by atoms with Gasteiger partial charge in [0.05, 0.1) is 17.4 Å². The Balaban J connectivity index is 1.97. The quantitative estimate of drug-likeness (QED) is 0.671. The summed E-state index contributed by atoms with van der Waals surface area (Å²) in [5.74, 6) is -0.655. The van der Waals surface area contributed by atoms with Crippen LogP contribution < -0.4 is 10.5 Å². The Hall–Kier alpha value is -2.86. The normalized spacial score (nSPS) is 16.2. The molecule has 0 amide bonds. The second-order valence-corrected chi connectivity index (χ2v) is 7.38. The van der Waals surface area contributed by atoms with E-state index in [0.717, 1.165) is 26.1 Å². The molecule has 27 heavy (non-hydrogen) atoms. The molecule has 0 bridgehead atoms. The van der Waals surface area contributed by atoms with Crippen LogP contribution in [-0.4, -0.2) is 12.6 Å². The number of ether oxygens (including phenoxy) is 2. The number of thiophene rings is 1. The van der Waals surface area contributed by atoms with E-state index in [1.165, 1.54) is 12.1 Å². The van der Waals surface area contributed by atoms with Crippen LogP contribution in [0.2, 0.25) is 0 Å². The van der Waals surface area contributed by atoms with Crippen LogP contribution in [0.5, 0.6) is 5.75 Å². The minimum Gasteiger partial charge on any atom is -0.462 e. The summed E-state index contributed by atoms with van der Waals surface area (Å²) in [6, 6.07) is 12.0. The van der Waals surface area contributed by atoms with Gasteiger partial charge in [0.1, 0.15) is 11.4 Å². The molecule has 0 aliphatic carbocycles. The molecule has 2 aromatic carbocycles. The number of rotatable bonds is 3. The van der Waals surface area contributed by atoms with Crippen LogP contribution in [0.1, 0.15) is 28.8 Å². The Bertz CT molecular complexity index is 1070. The molecule has 0 saturated carbocycles. The number of aryl methyl sites for hydroxylation is 1. The molecular weight excluding hydrogens is 365 g/mol. The SMILES string of the molecule is CCOC(=O)C1=C(N)Oc2c(sc3c(C)cccc23)C1c1ccc(F)cc1. The largest absolute Gasteiger partial charge is 0.462 e. The van der Waals surface area contributed by atoms with Crippen molar-refractivity contribution in [3.8, 4) is 5.75 Å². The van der Waals surface area contributed by atoms with Gasteiger partial charge >= 0.3 is 5.97 Å². The molecule has 138 valence electrons. The lowest BCUT2D eigenvalue weighted by Crippen LogP contribution is -2.26. The summed E-state index contributed by atoms with van der Waals surface area (Å²) >= 11 is 1.56. The van der Waals surface area contributed by atoms with E-state index in [1.54, 1.807) is 30.4 Å². The molecule has 0 spiro atoms. The van der Waals surface area contributed by atoms with Crippen molar-refractivity contribution in [3.05, 3.63) is 75.7 Å². The second kappa shape index (κ2) is 6.70. The summed E-state index contributed by atoms with van der Waals surface area (Å²) in [6.45, 7) is 3.99. The standard InChI is InChI=1S/C21H18FNO3S/c1-3-25-21(24)16-15(12-7-9-13(22)10-8-12)19-17(26-20(16)23)14-6-4-5-11(2)18(14)27-19/h4-10,15H,3,23H2,1-2H3. The highest BCUT2D eigenvalue weighted by Crippen LogP contribution is 2.51. The van der Waals surface area contributed by atoms with E-state index in [1.807, 2.05) is 25.1 Å². The third-order valence-corrected chi connectivity index (χ3v) is 6.01. The molecule has 4 nitrogen and oxygen atoms in total. The molecule has 2 heterocycles. The molecule has 0 fully saturated rings. The number of carbonyl (C=O) groups excluding carboxylic acids is 1. The molecule has 6 heteroatoms. The van der Waals surface area contributed by atoms with E-state index >= 15 is 0 Å². The Labute approximate surface area is 160 Å². The predicted octanol–water partition coefficient (Wildman–Crippen LogP) is 4.61. The van der Waals surface area contributed by atoms with E-state index in [2.05, 4.69) is 0 Å². The number of nitrogens with two attached hydrogens (primary N) is 1. The van der Waals surface area contributed by atoms with Crippen molar-refractivity contribution in [1.82, 2.24) is 0 Å². The zero-order valence-electron chi connectivity index (χ0n) is 14.9. The number of carbonyl (C=O) groups is 1. The van der Waals surface area contributed by atoms with Gasteiger partial charge < -0.3 is 15.2 Å². The van der Waals surface area contributed by atoms with Gasteiger partial charge in [0.15, 0.2) is 5.75 Å². The van der Waals surface area contributed by atoms with Gasteiger partial charge in [-0.3, -0.25) is 0 Å². The molecule has 0 radical (unpaired) electrons. The van der Waals surface area contributed by atoms with E-state index in [0.29, 0.717) is 5.75 Å². The lowest BCUT2D eigenvalue weighted by atomic mass is 9.87. The second-order valence-electron chi connectivity index (χ2n) is 6.33. The molecule has 4 rings (SSSR count). The lowest BCUT2D eigenvalue weighted by molar-refractivity contribution is -0.139. The summed E-state index contributed by atoms with van der Waals surface area (Å²) in [5.41, 5.74) is 8.28. The number of halogens is 1.